The number of carbonyl (C=O) groups is 1. The predicted octanol–water partition coefficient (Wildman–Crippen LogP) is 3.02. The van der Waals surface area contributed by atoms with Crippen molar-refractivity contribution < 1.29 is 18.7 Å². The van der Waals surface area contributed by atoms with Crippen molar-refractivity contribution in [1.29, 1.82) is 0 Å². The maximum atomic E-state index is 13.3. The van der Waals surface area contributed by atoms with E-state index in [2.05, 4.69) is 10.6 Å². The molecule has 0 aliphatic carbocycles. The minimum absolute atomic E-state index is 0.244. The standard InChI is InChI=1S/C18H21FN2O3/c1-23-16-8-6-13(7-9-16)11-20-18(22)21-12-17(24-2)14-4-3-5-15(19)10-14/h3-10,17H,11-12H2,1-2H3,(H2,20,21,22). The zero-order valence-electron chi connectivity index (χ0n) is 13.7. The molecular weight excluding hydrogens is 311 g/mol. The number of carbonyl (C=O) groups excluding carboxylic acids is 1. The first-order chi connectivity index (χ1) is 11.6. The fraction of sp³-hybridized carbons (Fsp3) is 0.278. The van der Waals surface area contributed by atoms with Crippen molar-refractivity contribution >= 4 is 6.03 Å². The van der Waals surface area contributed by atoms with Crippen molar-refractivity contribution in [2.75, 3.05) is 20.8 Å². The molecule has 24 heavy (non-hydrogen) atoms. The molecule has 0 aliphatic rings. The molecule has 1 unspecified atom stereocenters. The lowest BCUT2D eigenvalue weighted by Crippen LogP contribution is -2.37. The van der Waals surface area contributed by atoms with Gasteiger partial charge in [-0.3, -0.25) is 0 Å². The number of urea groups is 1. The van der Waals surface area contributed by atoms with Crippen LogP contribution in [-0.2, 0) is 11.3 Å². The molecule has 0 aliphatic heterocycles. The molecule has 0 saturated carbocycles. The first-order valence-corrected chi connectivity index (χ1v) is 7.55. The van der Waals surface area contributed by atoms with Crippen LogP contribution in [0.3, 0.4) is 0 Å². The van der Waals surface area contributed by atoms with Crippen LogP contribution in [0.5, 0.6) is 5.75 Å². The third kappa shape index (κ3) is 5.24. The number of rotatable bonds is 7. The second-order valence-corrected chi connectivity index (χ2v) is 5.19. The monoisotopic (exact) mass is 332 g/mol. The van der Waals surface area contributed by atoms with Crippen molar-refractivity contribution in [2.24, 2.45) is 0 Å². The van der Waals surface area contributed by atoms with Crippen LogP contribution < -0.4 is 15.4 Å². The normalized spacial score (nSPS) is 11.6. The number of amides is 2. The van der Waals surface area contributed by atoms with E-state index < -0.39 is 6.10 Å². The number of benzene rings is 2. The van der Waals surface area contributed by atoms with Gasteiger partial charge in [0.15, 0.2) is 0 Å². The summed E-state index contributed by atoms with van der Waals surface area (Å²) in [4.78, 5) is 11.9. The van der Waals surface area contributed by atoms with Crippen molar-refractivity contribution in [3.8, 4) is 5.75 Å². The fourth-order valence-corrected chi connectivity index (χ4v) is 2.22. The van der Waals surface area contributed by atoms with E-state index in [1.54, 1.807) is 19.2 Å². The summed E-state index contributed by atoms with van der Waals surface area (Å²) in [5.74, 6) is 0.430. The van der Waals surface area contributed by atoms with Gasteiger partial charge in [0.1, 0.15) is 11.6 Å². The second-order valence-electron chi connectivity index (χ2n) is 5.19. The molecule has 0 radical (unpaired) electrons. The molecule has 0 saturated heterocycles. The molecule has 0 spiro atoms. The van der Waals surface area contributed by atoms with Gasteiger partial charge in [-0.05, 0) is 35.4 Å². The lowest BCUT2D eigenvalue weighted by atomic mass is 10.1. The fourth-order valence-electron chi connectivity index (χ4n) is 2.22. The summed E-state index contributed by atoms with van der Waals surface area (Å²) in [7, 11) is 3.12. The Morgan fingerprint density at radius 3 is 2.50 bits per heavy atom. The van der Waals surface area contributed by atoms with Crippen molar-refractivity contribution in [2.45, 2.75) is 12.6 Å². The Bertz CT molecular complexity index is 662. The number of hydrogen-bond donors (Lipinski definition) is 2. The number of ether oxygens (including phenoxy) is 2. The van der Waals surface area contributed by atoms with Crippen LogP contribution in [-0.4, -0.2) is 26.8 Å². The number of hydrogen-bond acceptors (Lipinski definition) is 3. The maximum Gasteiger partial charge on any atom is 0.315 e. The third-order valence-corrected chi connectivity index (χ3v) is 3.57. The van der Waals surface area contributed by atoms with E-state index in [0.717, 1.165) is 11.3 Å². The molecule has 2 N–H and O–H groups in total. The summed E-state index contributed by atoms with van der Waals surface area (Å²) in [5.41, 5.74) is 1.63. The van der Waals surface area contributed by atoms with E-state index in [-0.39, 0.29) is 18.4 Å². The second kappa shape index (κ2) is 8.88. The average Bonchev–Trinajstić information content (AvgIpc) is 2.61. The predicted molar refractivity (Wildman–Crippen MR) is 89.4 cm³/mol. The molecule has 2 amide bonds. The molecule has 0 aromatic heterocycles. The number of nitrogens with one attached hydrogen (secondary N) is 2. The first-order valence-electron chi connectivity index (χ1n) is 7.55. The van der Waals surface area contributed by atoms with Crippen LogP contribution in [0.15, 0.2) is 48.5 Å². The Morgan fingerprint density at radius 1 is 1.12 bits per heavy atom. The van der Waals surface area contributed by atoms with Gasteiger partial charge >= 0.3 is 6.03 Å². The molecule has 0 bridgehead atoms. The highest BCUT2D eigenvalue weighted by atomic mass is 19.1. The van der Waals surface area contributed by atoms with Crippen LogP contribution in [0.2, 0.25) is 0 Å². The van der Waals surface area contributed by atoms with Gasteiger partial charge in [0.05, 0.1) is 13.2 Å². The van der Waals surface area contributed by atoms with Crippen molar-refractivity contribution in [3.63, 3.8) is 0 Å². The van der Waals surface area contributed by atoms with E-state index in [4.69, 9.17) is 9.47 Å². The highest BCUT2D eigenvalue weighted by Crippen LogP contribution is 2.16. The molecule has 0 heterocycles. The van der Waals surface area contributed by atoms with E-state index in [1.165, 1.54) is 19.2 Å². The summed E-state index contributed by atoms with van der Waals surface area (Å²) in [6.45, 7) is 0.641. The Kier molecular flexibility index (Phi) is 6.57. The molecule has 0 fully saturated rings. The van der Waals surface area contributed by atoms with Gasteiger partial charge in [-0.1, -0.05) is 24.3 Å². The van der Waals surface area contributed by atoms with Gasteiger partial charge in [-0.2, -0.15) is 0 Å². The molecule has 5 nitrogen and oxygen atoms in total. The van der Waals surface area contributed by atoms with Gasteiger partial charge in [-0.15, -0.1) is 0 Å². The largest absolute Gasteiger partial charge is 0.497 e. The van der Waals surface area contributed by atoms with E-state index >= 15 is 0 Å². The zero-order chi connectivity index (χ0) is 17.4. The van der Waals surface area contributed by atoms with Crippen molar-refractivity contribution in [1.82, 2.24) is 10.6 Å². The molecule has 2 aromatic rings. The molecule has 2 rings (SSSR count). The Balaban J connectivity index is 1.80. The lowest BCUT2D eigenvalue weighted by Gasteiger charge is -2.17. The van der Waals surface area contributed by atoms with Crippen molar-refractivity contribution in [3.05, 3.63) is 65.5 Å². The highest BCUT2D eigenvalue weighted by Gasteiger charge is 2.12. The number of halogens is 1. The van der Waals surface area contributed by atoms with Crippen LogP contribution in [0, 0.1) is 5.82 Å². The summed E-state index contributed by atoms with van der Waals surface area (Å²) in [5, 5.41) is 5.48. The van der Waals surface area contributed by atoms with Crippen LogP contribution >= 0.6 is 0 Å². The van der Waals surface area contributed by atoms with Crippen LogP contribution in [0.1, 0.15) is 17.2 Å². The molecular formula is C18H21FN2O3. The average molecular weight is 332 g/mol. The quantitative estimate of drug-likeness (QED) is 0.819. The molecule has 2 aromatic carbocycles. The first kappa shape index (κ1) is 17.7. The maximum absolute atomic E-state index is 13.3. The summed E-state index contributed by atoms with van der Waals surface area (Å²) in [6.07, 6.45) is -0.410. The number of methoxy groups -OCH3 is 2. The van der Waals surface area contributed by atoms with Gasteiger partial charge in [-0.25, -0.2) is 9.18 Å². The topological polar surface area (TPSA) is 59.6 Å². The highest BCUT2D eigenvalue weighted by molar-refractivity contribution is 5.73. The van der Waals surface area contributed by atoms with Gasteiger partial charge < -0.3 is 20.1 Å². The summed E-state index contributed by atoms with van der Waals surface area (Å²) >= 11 is 0. The minimum Gasteiger partial charge on any atom is -0.497 e. The van der Waals surface area contributed by atoms with Gasteiger partial charge in [0.25, 0.3) is 0 Å². The van der Waals surface area contributed by atoms with E-state index in [1.807, 2.05) is 24.3 Å². The third-order valence-electron chi connectivity index (χ3n) is 3.57. The molecule has 6 heteroatoms. The lowest BCUT2D eigenvalue weighted by molar-refractivity contribution is 0.103. The zero-order valence-corrected chi connectivity index (χ0v) is 13.7. The van der Waals surface area contributed by atoms with Gasteiger partial charge in [0.2, 0.25) is 0 Å². The van der Waals surface area contributed by atoms with E-state index in [0.29, 0.717) is 12.1 Å². The van der Waals surface area contributed by atoms with E-state index in [9.17, 15) is 9.18 Å². The Labute approximate surface area is 140 Å². The molecule has 1 atom stereocenters. The van der Waals surface area contributed by atoms with Gasteiger partial charge in [0, 0.05) is 20.2 Å². The summed E-state index contributed by atoms with van der Waals surface area (Å²) < 4.78 is 23.7. The Morgan fingerprint density at radius 2 is 1.88 bits per heavy atom. The smallest absolute Gasteiger partial charge is 0.315 e. The summed E-state index contributed by atoms with van der Waals surface area (Å²) in [6, 6.07) is 13.2. The Hall–Kier alpha value is -2.60. The SMILES string of the molecule is COc1ccc(CNC(=O)NCC(OC)c2cccc(F)c2)cc1. The molecule has 128 valence electrons. The minimum atomic E-state index is -0.410. The van der Waals surface area contributed by atoms with Crippen LogP contribution in [0.4, 0.5) is 9.18 Å². The van der Waals surface area contributed by atoms with Crippen LogP contribution in [0.25, 0.3) is 0 Å².